The molecule has 472 valence electrons. The van der Waals surface area contributed by atoms with Crippen molar-refractivity contribution >= 4 is 34.3 Å². The summed E-state index contributed by atoms with van der Waals surface area (Å²) in [5.74, 6) is -5.26. The molecule has 5 saturated heterocycles. The van der Waals surface area contributed by atoms with Crippen molar-refractivity contribution in [2.75, 3.05) is 14.2 Å². The van der Waals surface area contributed by atoms with Gasteiger partial charge < -0.3 is 107 Å². The van der Waals surface area contributed by atoms with E-state index in [1.807, 2.05) is 0 Å². The number of Topliss-reactive ketones (excluding diaryl/α,β-unsaturated/α-hetero) is 2. The molecule has 0 aromatic heterocycles. The second-order valence-electron chi connectivity index (χ2n) is 23.3. The number of phenolic OH excluding ortho intramolecular Hbond substituents is 2. The third kappa shape index (κ3) is 14.0. The zero-order valence-electron chi connectivity index (χ0n) is 49.4. The van der Waals surface area contributed by atoms with Crippen LogP contribution >= 0.6 is 0 Å². The molecule has 5 heterocycles. The molecule has 1 aliphatic carbocycles. The maximum absolute atomic E-state index is 15.1. The molecule has 0 unspecified atom stereocenters. The minimum Gasteiger partial charge on any atom is -0.507 e. The van der Waals surface area contributed by atoms with Crippen molar-refractivity contribution in [1.82, 2.24) is 0 Å². The van der Waals surface area contributed by atoms with Crippen LogP contribution in [0.3, 0.4) is 0 Å². The van der Waals surface area contributed by atoms with Gasteiger partial charge in [-0.05, 0) is 84.9 Å². The number of esters is 2. The van der Waals surface area contributed by atoms with E-state index < -0.39 is 188 Å². The summed E-state index contributed by atoms with van der Waals surface area (Å²) in [5.41, 5.74) is -1.52. The third-order valence-corrected chi connectivity index (χ3v) is 16.9. The van der Waals surface area contributed by atoms with E-state index >= 15 is 4.79 Å². The predicted octanol–water partition coefficient (Wildman–Crippen LogP) is 1.94. The molecule has 0 amide bonds. The summed E-state index contributed by atoms with van der Waals surface area (Å²) in [6.07, 6.45) is -25.7. The normalized spacial score (nSPS) is 39.4. The summed E-state index contributed by atoms with van der Waals surface area (Å²) >= 11 is 0. The minimum atomic E-state index is -1.96. The highest BCUT2D eigenvalue weighted by molar-refractivity contribution is 6.11. The second kappa shape index (κ2) is 27.0. The molecule has 8 rings (SSSR count). The lowest BCUT2D eigenvalue weighted by molar-refractivity contribution is -0.334. The molecule has 26 nitrogen and oxygen atoms in total. The van der Waals surface area contributed by atoms with Gasteiger partial charge in [-0.1, -0.05) is 6.92 Å². The van der Waals surface area contributed by atoms with Crippen LogP contribution in [-0.2, 0) is 82.4 Å². The fraction of sp³-hybridized carbons (Fsp3) is 0.759. The lowest BCUT2D eigenvalue weighted by Gasteiger charge is -2.46. The highest BCUT2D eigenvalue weighted by Crippen LogP contribution is 2.48. The summed E-state index contributed by atoms with van der Waals surface area (Å²) in [4.78, 5) is 53.7. The first-order chi connectivity index (χ1) is 39.5. The molecule has 0 saturated carbocycles. The van der Waals surface area contributed by atoms with Crippen molar-refractivity contribution in [2.45, 2.75) is 261 Å². The maximum Gasteiger partial charge on any atom is 0.305 e. The SMILES string of the molecule is CCC(=O)O[C@@H]1[C@@H](C)O[C@@H](O[C@@H]2C[C@@H](O[C@@H]3C[C@H](O[C@@H]4C(=O)c5c(cc6cc(O[C@@H]7C[C@@H](OC(C)=O)[C@@H](O[C@H]8C[C@@H](O)[C@@H](OC)[C@H](C)O8)[C@@H](C)O7)c(C)c(O)c6c5O)C[C@@H]4[C@@H](OC)C(=O)[C@H](O)[C@H](C)O)O[C@@H](C)[C@H]3O)O[C@H](C)[C@H]2O)C[C@@]1(C)O. The number of hydrogen-bond donors (Lipinski definition) is 8. The smallest absolute Gasteiger partial charge is 0.305 e. The highest BCUT2D eigenvalue weighted by Gasteiger charge is 2.53. The maximum atomic E-state index is 15.1. The van der Waals surface area contributed by atoms with E-state index in [9.17, 15) is 55.2 Å². The Morgan fingerprint density at radius 2 is 1.29 bits per heavy atom. The molecular weight excluding hydrogens is 1110 g/mol. The number of ketones is 2. The fourth-order valence-electron chi connectivity index (χ4n) is 12.5. The van der Waals surface area contributed by atoms with Crippen LogP contribution < -0.4 is 4.74 Å². The average molecular weight is 1200 g/mol. The first-order valence-electron chi connectivity index (χ1n) is 28.8. The number of carbonyl (C=O) groups is 4. The Morgan fingerprint density at radius 1 is 0.726 bits per heavy atom. The Hall–Kier alpha value is -4.30. The number of aliphatic hydroxyl groups excluding tert-OH is 5. The molecule has 0 bridgehead atoms. The second-order valence-corrected chi connectivity index (χ2v) is 23.3. The van der Waals surface area contributed by atoms with Gasteiger partial charge in [0.2, 0.25) is 6.29 Å². The molecule has 5 aliphatic heterocycles. The summed E-state index contributed by atoms with van der Waals surface area (Å²) in [6, 6.07) is 3.03. The van der Waals surface area contributed by atoms with Gasteiger partial charge in [0, 0.05) is 71.1 Å². The number of benzene rings is 2. The van der Waals surface area contributed by atoms with Crippen LogP contribution in [0.5, 0.6) is 17.2 Å². The van der Waals surface area contributed by atoms with Crippen molar-refractivity contribution in [1.29, 1.82) is 0 Å². The Labute approximate surface area is 486 Å². The van der Waals surface area contributed by atoms with E-state index in [2.05, 4.69) is 0 Å². The van der Waals surface area contributed by atoms with Gasteiger partial charge in [0.15, 0.2) is 42.8 Å². The topological polar surface area (TPSA) is 359 Å². The van der Waals surface area contributed by atoms with Crippen LogP contribution in [0.1, 0.15) is 122 Å². The van der Waals surface area contributed by atoms with Gasteiger partial charge in [0.05, 0.1) is 65.9 Å². The van der Waals surface area contributed by atoms with Crippen LogP contribution in [0.2, 0.25) is 0 Å². The Bertz CT molecular complexity index is 2640. The standard InChI is InChI=1S/C58H84O26/c1-13-38(62)82-57-28(8)77-43(21-58(57,10)70)81-36-18-40(73-24(4)49(36)66)80-35-19-42(74-25(5)48(35)65)84-56-32(55(72-12)52(69)47(64)23(3)59)15-30-14-31-16-34(22(2)46(63)44(31)50(67)45(30)51(56)68)79-41-20-37(78-29(9)60)54(27(7)76-41)83-39-17-33(61)53(71-11)26(6)75-39/h14,16,23-28,32-33,35-37,39-43,47-49,53-57,59,61,63-67,70H,13,15,17-21H2,1-12H3/t23-,24+,25-,26-,27+,28+,32+,33+,35+,36+,37+,39-,40+,41+,42-,43-,47+,48+,49+,53-,54-,55+,56-,57+,58+/m0/s1. The van der Waals surface area contributed by atoms with Crippen LogP contribution in [0.15, 0.2) is 12.1 Å². The number of aliphatic hydroxyl groups is 6. The molecule has 8 N–H and O–H groups in total. The van der Waals surface area contributed by atoms with Crippen LogP contribution in [0.4, 0.5) is 0 Å². The van der Waals surface area contributed by atoms with E-state index in [4.69, 9.17) is 66.3 Å². The number of carbonyl (C=O) groups excluding carboxylic acids is 4. The Kier molecular flexibility index (Phi) is 21.1. The Morgan fingerprint density at radius 3 is 1.86 bits per heavy atom. The predicted molar refractivity (Wildman–Crippen MR) is 287 cm³/mol. The van der Waals surface area contributed by atoms with Gasteiger partial charge in [0.25, 0.3) is 0 Å². The van der Waals surface area contributed by atoms with Gasteiger partial charge in [-0.2, -0.15) is 0 Å². The molecular formula is C58H84O26. The number of rotatable bonds is 19. The molecule has 84 heavy (non-hydrogen) atoms. The number of phenols is 2. The van der Waals surface area contributed by atoms with E-state index in [1.54, 1.807) is 34.6 Å². The highest BCUT2D eigenvalue weighted by atomic mass is 16.7. The van der Waals surface area contributed by atoms with Crippen molar-refractivity contribution in [2.24, 2.45) is 5.92 Å². The van der Waals surface area contributed by atoms with Crippen molar-refractivity contribution < 1.29 is 126 Å². The number of methoxy groups -OCH3 is 2. The quantitative estimate of drug-likeness (QED) is 0.0932. The van der Waals surface area contributed by atoms with Crippen molar-refractivity contribution in [3.63, 3.8) is 0 Å². The van der Waals surface area contributed by atoms with Crippen LogP contribution in [0, 0.1) is 12.8 Å². The van der Waals surface area contributed by atoms with E-state index in [1.165, 1.54) is 61.0 Å². The number of hydrogen-bond acceptors (Lipinski definition) is 26. The zero-order chi connectivity index (χ0) is 61.5. The van der Waals surface area contributed by atoms with E-state index in [0.29, 0.717) is 0 Å². The fourth-order valence-corrected chi connectivity index (χ4v) is 12.5. The lowest BCUT2D eigenvalue weighted by Crippen LogP contribution is -2.59. The largest absolute Gasteiger partial charge is 0.507 e. The molecule has 25 atom stereocenters. The molecule has 0 spiro atoms. The monoisotopic (exact) mass is 1200 g/mol. The first-order valence-corrected chi connectivity index (χ1v) is 28.8. The molecule has 0 radical (unpaired) electrons. The van der Waals surface area contributed by atoms with Crippen LogP contribution in [-0.4, -0.2) is 225 Å². The average Bonchev–Trinajstić information content (AvgIpc) is 0.985. The summed E-state index contributed by atoms with van der Waals surface area (Å²) in [7, 11) is 2.65. The van der Waals surface area contributed by atoms with Crippen LogP contribution in [0.25, 0.3) is 10.8 Å². The number of fused-ring (bicyclic) bond motifs is 2. The summed E-state index contributed by atoms with van der Waals surface area (Å²) in [5, 5.41) is 90.1. The summed E-state index contributed by atoms with van der Waals surface area (Å²) in [6.45, 7) is 15.3. The molecule has 5 fully saturated rings. The molecule has 2 aromatic rings. The van der Waals surface area contributed by atoms with Gasteiger partial charge >= 0.3 is 11.9 Å². The van der Waals surface area contributed by atoms with Gasteiger partial charge in [-0.15, -0.1) is 0 Å². The molecule has 2 aromatic carbocycles. The molecule has 6 aliphatic rings. The van der Waals surface area contributed by atoms with Crippen molar-refractivity contribution in [3.05, 3.63) is 28.8 Å². The number of aromatic hydroxyl groups is 2. The van der Waals surface area contributed by atoms with Gasteiger partial charge in [-0.3, -0.25) is 19.2 Å². The van der Waals surface area contributed by atoms with Gasteiger partial charge in [-0.25, -0.2) is 0 Å². The van der Waals surface area contributed by atoms with Gasteiger partial charge in [0.1, 0.15) is 71.7 Å². The summed E-state index contributed by atoms with van der Waals surface area (Å²) < 4.78 is 84.4. The lowest BCUT2D eigenvalue weighted by atomic mass is 9.75. The minimum absolute atomic E-state index is 0.0531. The van der Waals surface area contributed by atoms with E-state index in [-0.39, 0.29) is 78.2 Å². The third-order valence-electron chi connectivity index (χ3n) is 16.9. The Balaban J connectivity index is 1.02. The van der Waals surface area contributed by atoms with Crippen molar-refractivity contribution in [3.8, 4) is 17.2 Å². The number of ether oxygens (including phenoxy) is 14. The zero-order valence-corrected chi connectivity index (χ0v) is 49.4. The van der Waals surface area contributed by atoms with E-state index in [0.717, 1.165) is 0 Å². The molecule has 26 heteroatoms. The first kappa shape index (κ1) is 65.7.